The fourth-order valence-corrected chi connectivity index (χ4v) is 2.95. The Morgan fingerprint density at radius 3 is 2.47 bits per heavy atom. The molecule has 5 heteroatoms. The van der Waals surface area contributed by atoms with Gasteiger partial charge < -0.3 is 5.32 Å². The van der Waals surface area contributed by atoms with Gasteiger partial charge in [0.15, 0.2) is 0 Å². The second-order valence-corrected chi connectivity index (χ2v) is 8.14. The maximum atomic E-state index is 13.9. The molecule has 0 heterocycles. The molecule has 0 fully saturated rings. The largest absolute Gasteiger partial charge is 0.316 e. The van der Waals surface area contributed by atoms with Gasteiger partial charge in [-0.1, -0.05) is 20.8 Å². The number of rotatable bonds is 5. The minimum absolute atomic E-state index is 0.0440. The molecular formula is C14H20BrF2NS. The molecular weight excluding hydrogens is 332 g/mol. The van der Waals surface area contributed by atoms with Gasteiger partial charge in [-0.25, -0.2) is 8.78 Å². The zero-order chi connectivity index (χ0) is 14.6. The molecule has 108 valence electrons. The fraction of sp³-hybridized carbons (Fsp3) is 0.571. The van der Waals surface area contributed by atoms with Crippen LogP contribution in [0.15, 0.2) is 16.6 Å². The Morgan fingerprint density at radius 1 is 1.32 bits per heavy atom. The lowest BCUT2D eigenvalue weighted by Crippen LogP contribution is -2.32. The second-order valence-electron chi connectivity index (χ2n) is 5.43. The van der Waals surface area contributed by atoms with Gasteiger partial charge in [-0.05, 0) is 41.5 Å². The van der Waals surface area contributed by atoms with Crippen molar-refractivity contribution in [3.8, 4) is 0 Å². The lowest BCUT2D eigenvalue weighted by molar-refractivity contribution is 0.521. The highest BCUT2D eigenvalue weighted by Gasteiger charge is 2.19. The highest BCUT2D eigenvalue weighted by atomic mass is 79.9. The molecule has 0 amide bonds. The molecule has 0 aliphatic heterocycles. The second kappa shape index (κ2) is 7.04. The van der Waals surface area contributed by atoms with Crippen molar-refractivity contribution < 1.29 is 8.78 Å². The van der Waals surface area contributed by atoms with Crippen LogP contribution in [0.4, 0.5) is 8.78 Å². The molecule has 0 aromatic heterocycles. The highest BCUT2D eigenvalue weighted by molar-refractivity contribution is 9.10. The average molecular weight is 352 g/mol. The Kier molecular flexibility index (Phi) is 6.27. The molecule has 1 aromatic carbocycles. The van der Waals surface area contributed by atoms with Crippen molar-refractivity contribution in [1.82, 2.24) is 5.32 Å². The lowest BCUT2D eigenvalue weighted by Gasteiger charge is -2.23. The number of benzene rings is 1. The molecule has 0 saturated carbocycles. The molecule has 0 aliphatic carbocycles. The maximum Gasteiger partial charge on any atom is 0.143 e. The van der Waals surface area contributed by atoms with E-state index in [1.54, 1.807) is 11.8 Å². The number of nitrogens with one attached hydrogen (secondary N) is 1. The summed E-state index contributed by atoms with van der Waals surface area (Å²) < 4.78 is 28.1. The SMILES string of the molecule is CNC(CSC(C)(C)C)Cc1c(F)ccc(Br)c1F. The normalized spacial score (nSPS) is 13.6. The Bertz CT molecular complexity index is 432. The van der Waals surface area contributed by atoms with Crippen LogP contribution in [0.3, 0.4) is 0 Å². The van der Waals surface area contributed by atoms with Crippen LogP contribution >= 0.6 is 27.7 Å². The first kappa shape index (κ1) is 16.9. The van der Waals surface area contributed by atoms with E-state index in [0.717, 1.165) is 5.75 Å². The maximum absolute atomic E-state index is 13.9. The van der Waals surface area contributed by atoms with E-state index in [1.165, 1.54) is 12.1 Å². The van der Waals surface area contributed by atoms with Gasteiger partial charge in [-0.15, -0.1) is 0 Å². The molecule has 0 saturated heterocycles. The molecule has 0 radical (unpaired) electrons. The predicted molar refractivity (Wildman–Crippen MR) is 82.8 cm³/mol. The van der Waals surface area contributed by atoms with Gasteiger partial charge in [0.05, 0.1) is 4.47 Å². The van der Waals surface area contributed by atoms with Crippen LogP contribution in [-0.2, 0) is 6.42 Å². The van der Waals surface area contributed by atoms with Gasteiger partial charge in [-0.2, -0.15) is 11.8 Å². The monoisotopic (exact) mass is 351 g/mol. The highest BCUT2D eigenvalue weighted by Crippen LogP contribution is 2.26. The number of hydrogen-bond acceptors (Lipinski definition) is 2. The summed E-state index contributed by atoms with van der Waals surface area (Å²) in [5, 5.41) is 3.13. The summed E-state index contributed by atoms with van der Waals surface area (Å²) in [5.74, 6) is -0.173. The van der Waals surface area contributed by atoms with Crippen molar-refractivity contribution in [3.63, 3.8) is 0 Å². The van der Waals surface area contributed by atoms with Crippen LogP contribution in [0.1, 0.15) is 26.3 Å². The Balaban J connectivity index is 2.79. The molecule has 1 N–H and O–H groups in total. The summed E-state index contributed by atoms with van der Waals surface area (Å²) in [7, 11) is 1.82. The molecule has 1 nitrogen and oxygen atoms in total. The number of thioether (sulfide) groups is 1. The third kappa shape index (κ3) is 5.40. The molecule has 0 aliphatic rings. The van der Waals surface area contributed by atoms with Gasteiger partial charge in [0.1, 0.15) is 11.6 Å². The van der Waals surface area contributed by atoms with Gasteiger partial charge >= 0.3 is 0 Å². The van der Waals surface area contributed by atoms with Crippen molar-refractivity contribution in [2.24, 2.45) is 0 Å². The van der Waals surface area contributed by atoms with Crippen molar-refractivity contribution in [1.29, 1.82) is 0 Å². The van der Waals surface area contributed by atoms with E-state index in [0.29, 0.717) is 10.9 Å². The van der Waals surface area contributed by atoms with Crippen LogP contribution in [0, 0.1) is 11.6 Å². The number of halogens is 3. The van der Waals surface area contributed by atoms with Gasteiger partial charge in [0.25, 0.3) is 0 Å². The van der Waals surface area contributed by atoms with Crippen molar-refractivity contribution in [3.05, 3.63) is 33.8 Å². The van der Waals surface area contributed by atoms with E-state index in [2.05, 4.69) is 42.0 Å². The van der Waals surface area contributed by atoms with E-state index in [4.69, 9.17) is 0 Å². The zero-order valence-corrected chi connectivity index (χ0v) is 14.1. The van der Waals surface area contributed by atoms with E-state index in [1.807, 2.05) is 7.05 Å². The summed E-state index contributed by atoms with van der Waals surface area (Å²) in [6, 6.07) is 2.74. The smallest absolute Gasteiger partial charge is 0.143 e. The molecule has 19 heavy (non-hydrogen) atoms. The quantitative estimate of drug-likeness (QED) is 0.789. The van der Waals surface area contributed by atoms with Crippen LogP contribution in [0.25, 0.3) is 0 Å². The molecule has 1 unspecified atom stereocenters. The molecule has 1 aromatic rings. The summed E-state index contributed by atoms with van der Waals surface area (Å²) in [6.45, 7) is 6.39. The molecule has 0 spiro atoms. The molecule has 1 atom stereocenters. The third-order valence-electron chi connectivity index (χ3n) is 2.72. The van der Waals surface area contributed by atoms with E-state index in [-0.39, 0.29) is 16.4 Å². The fourth-order valence-electron chi connectivity index (χ4n) is 1.60. The lowest BCUT2D eigenvalue weighted by atomic mass is 10.1. The zero-order valence-electron chi connectivity index (χ0n) is 11.7. The standard InChI is InChI=1S/C14H20BrF2NS/c1-14(2,3)19-8-9(18-4)7-10-12(16)6-5-11(15)13(10)17/h5-6,9,18H,7-8H2,1-4H3. The number of hydrogen-bond donors (Lipinski definition) is 1. The summed E-state index contributed by atoms with van der Waals surface area (Å²) in [5.41, 5.74) is 0.142. The Hall–Kier alpha value is -0.130. The first-order chi connectivity index (χ1) is 8.74. The van der Waals surface area contributed by atoms with E-state index >= 15 is 0 Å². The topological polar surface area (TPSA) is 12.0 Å². The van der Waals surface area contributed by atoms with E-state index < -0.39 is 11.6 Å². The van der Waals surface area contributed by atoms with Gasteiger partial charge in [0.2, 0.25) is 0 Å². The third-order valence-corrected chi connectivity index (χ3v) is 4.76. The Labute approximate surface area is 126 Å². The summed E-state index contributed by atoms with van der Waals surface area (Å²) >= 11 is 4.88. The van der Waals surface area contributed by atoms with Crippen LogP contribution < -0.4 is 5.32 Å². The molecule has 0 bridgehead atoms. The van der Waals surface area contributed by atoms with Crippen LogP contribution in [0.2, 0.25) is 0 Å². The van der Waals surface area contributed by atoms with Crippen LogP contribution in [-0.4, -0.2) is 23.6 Å². The van der Waals surface area contributed by atoms with Crippen molar-refractivity contribution in [2.45, 2.75) is 38.0 Å². The Morgan fingerprint density at radius 2 is 1.95 bits per heavy atom. The predicted octanol–water partition coefficient (Wildman–Crippen LogP) is 4.39. The minimum atomic E-state index is -0.499. The van der Waals surface area contributed by atoms with E-state index in [9.17, 15) is 8.78 Å². The summed E-state index contributed by atoms with van der Waals surface area (Å²) in [4.78, 5) is 0. The minimum Gasteiger partial charge on any atom is -0.316 e. The van der Waals surface area contributed by atoms with Crippen molar-refractivity contribution >= 4 is 27.7 Å². The van der Waals surface area contributed by atoms with Gasteiger partial charge in [-0.3, -0.25) is 0 Å². The average Bonchev–Trinajstić information content (AvgIpc) is 2.32. The number of likely N-dealkylation sites (N-methyl/N-ethyl adjacent to an activating group) is 1. The van der Waals surface area contributed by atoms with Crippen LogP contribution in [0.5, 0.6) is 0 Å². The molecule has 1 rings (SSSR count). The van der Waals surface area contributed by atoms with Crippen molar-refractivity contribution in [2.75, 3.05) is 12.8 Å². The summed E-state index contributed by atoms with van der Waals surface area (Å²) in [6.07, 6.45) is 0.344. The first-order valence-corrected chi connectivity index (χ1v) is 7.96. The first-order valence-electron chi connectivity index (χ1n) is 6.18. The van der Waals surface area contributed by atoms with Gasteiger partial charge in [0, 0.05) is 22.1 Å².